The molecule has 10 heteroatoms. The molecule has 0 bridgehead atoms. The third-order valence-electron chi connectivity index (χ3n) is 7.08. The van der Waals surface area contributed by atoms with Gasteiger partial charge in [-0.25, -0.2) is 9.97 Å². The van der Waals surface area contributed by atoms with Crippen molar-refractivity contribution in [3.8, 4) is 23.0 Å². The lowest BCUT2D eigenvalue weighted by molar-refractivity contribution is -0.139. The Labute approximate surface area is 225 Å². The first kappa shape index (κ1) is 24.6. The average molecular weight is 533 g/mol. The summed E-state index contributed by atoms with van der Waals surface area (Å²) in [6, 6.07) is 9.60. The van der Waals surface area contributed by atoms with Gasteiger partial charge in [-0.05, 0) is 62.6 Å². The van der Waals surface area contributed by atoms with Crippen molar-refractivity contribution < 1.29 is 14.3 Å². The zero-order chi connectivity index (χ0) is 26.4. The highest BCUT2D eigenvalue weighted by Crippen LogP contribution is 2.41. The number of likely N-dealkylation sites (tertiary alicyclic amines) is 1. The number of rotatable bonds is 8. The molecule has 0 radical (unpaired) electrons. The van der Waals surface area contributed by atoms with Gasteiger partial charge in [0.05, 0.1) is 30.4 Å². The molecule has 3 aromatic heterocycles. The van der Waals surface area contributed by atoms with E-state index in [-0.39, 0.29) is 17.6 Å². The second kappa shape index (κ2) is 9.54. The van der Waals surface area contributed by atoms with Crippen LogP contribution in [0.3, 0.4) is 0 Å². The van der Waals surface area contributed by atoms with Crippen LogP contribution in [0.1, 0.15) is 44.4 Å². The molecular weight excluding hydrogens is 504 g/mol. The number of aryl methyl sites for hydroxylation is 1. The molecule has 1 saturated carbocycles. The van der Waals surface area contributed by atoms with Crippen LogP contribution in [0, 0.1) is 6.92 Å². The van der Waals surface area contributed by atoms with E-state index in [4.69, 9.17) is 26.1 Å². The number of fused-ring (bicyclic) bond motifs is 1. The summed E-state index contributed by atoms with van der Waals surface area (Å²) in [4.78, 5) is 32.1. The number of aromatic nitrogens is 5. The Balaban J connectivity index is 1.35. The van der Waals surface area contributed by atoms with Crippen LogP contribution in [0.5, 0.6) is 11.6 Å². The summed E-state index contributed by atoms with van der Waals surface area (Å²) in [6.07, 6.45) is 5.75. The van der Waals surface area contributed by atoms with E-state index in [1.807, 2.05) is 42.7 Å². The second-order valence-electron chi connectivity index (χ2n) is 10.3. The van der Waals surface area contributed by atoms with Crippen LogP contribution in [0.25, 0.3) is 22.6 Å². The van der Waals surface area contributed by atoms with Gasteiger partial charge in [0.1, 0.15) is 29.6 Å². The van der Waals surface area contributed by atoms with E-state index in [1.54, 1.807) is 17.2 Å². The van der Waals surface area contributed by atoms with Crippen molar-refractivity contribution in [1.29, 1.82) is 0 Å². The highest BCUT2D eigenvalue weighted by Gasteiger charge is 2.41. The van der Waals surface area contributed by atoms with Gasteiger partial charge in [-0.3, -0.25) is 9.78 Å². The number of nitrogens with zero attached hydrogens (tertiary/aromatic N) is 6. The van der Waals surface area contributed by atoms with Crippen molar-refractivity contribution >= 4 is 28.7 Å². The van der Waals surface area contributed by atoms with Crippen molar-refractivity contribution in [2.75, 3.05) is 13.1 Å². The van der Waals surface area contributed by atoms with Crippen LogP contribution < -0.4 is 9.47 Å². The molecule has 196 valence electrons. The molecule has 1 amide bonds. The normalized spacial score (nSPS) is 16.4. The summed E-state index contributed by atoms with van der Waals surface area (Å²) in [6.45, 7) is 7.61. The summed E-state index contributed by atoms with van der Waals surface area (Å²) in [5.74, 6) is 1.91. The molecule has 1 aliphatic heterocycles. The molecule has 0 spiro atoms. The van der Waals surface area contributed by atoms with Crippen LogP contribution in [-0.2, 0) is 11.3 Å². The van der Waals surface area contributed by atoms with Crippen molar-refractivity contribution in [2.45, 2.75) is 58.3 Å². The van der Waals surface area contributed by atoms with E-state index >= 15 is 0 Å². The van der Waals surface area contributed by atoms with Gasteiger partial charge in [-0.2, -0.15) is 4.98 Å². The van der Waals surface area contributed by atoms with Crippen LogP contribution in [-0.4, -0.2) is 60.1 Å². The van der Waals surface area contributed by atoms with E-state index in [9.17, 15) is 4.79 Å². The minimum Gasteiger partial charge on any atom is -0.487 e. The highest BCUT2D eigenvalue weighted by atomic mass is 35.5. The summed E-state index contributed by atoms with van der Waals surface area (Å²) >= 11 is 6.81. The fourth-order valence-corrected chi connectivity index (χ4v) is 4.84. The summed E-state index contributed by atoms with van der Waals surface area (Å²) in [7, 11) is 0. The quantitative estimate of drug-likeness (QED) is 0.321. The lowest BCUT2D eigenvalue weighted by Crippen LogP contribution is -2.56. The SMILES string of the molecule is CCC(=O)N1CC(Oc2ccc(-c3nc4c(OC5(C)CC5)ncnc4n3Cc3cc(C)ccn3)c(Cl)c2)C1. The molecule has 1 aliphatic carbocycles. The van der Waals surface area contributed by atoms with E-state index in [0.29, 0.717) is 59.7 Å². The lowest BCUT2D eigenvalue weighted by Gasteiger charge is -2.38. The zero-order valence-electron chi connectivity index (χ0n) is 21.6. The molecule has 2 fully saturated rings. The Hall–Kier alpha value is -3.72. The predicted octanol–water partition coefficient (Wildman–Crippen LogP) is 4.83. The monoisotopic (exact) mass is 532 g/mol. The number of pyridine rings is 1. The number of hydrogen-bond acceptors (Lipinski definition) is 7. The third-order valence-corrected chi connectivity index (χ3v) is 7.39. The molecule has 0 N–H and O–H groups in total. The maximum absolute atomic E-state index is 11.8. The number of amides is 1. The fourth-order valence-electron chi connectivity index (χ4n) is 4.59. The minimum absolute atomic E-state index is 0.0387. The van der Waals surface area contributed by atoms with Gasteiger partial charge in [0.15, 0.2) is 11.2 Å². The van der Waals surface area contributed by atoms with Gasteiger partial charge >= 0.3 is 0 Å². The maximum Gasteiger partial charge on any atom is 0.245 e. The van der Waals surface area contributed by atoms with Gasteiger partial charge in [0, 0.05) is 18.2 Å². The van der Waals surface area contributed by atoms with Gasteiger partial charge in [0.2, 0.25) is 11.8 Å². The first-order valence-corrected chi connectivity index (χ1v) is 13.3. The fraction of sp³-hybridized carbons (Fsp3) is 0.393. The molecule has 4 aromatic rings. The minimum atomic E-state index is -0.210. The third kappa shape index (κ3) is 4.78. The van der Waals surface area contributed by atoms with Crippen molar-refractivity contribution in [3.63, 3.8) is 0 Å². The Morgan fingerprint density at radius 1 is 1.16 bits per heavy atom. The summed E-state index contributed by atoms with van der Waals surface area (Å²) < 4.78 is 14.3. The van der Waals surface area contributed by atoms with Gasteiger partial charge in [-0.1, -0.05) is 18.5 Å². The number of hydrogen-bond donors (Lipinski definition) is 0. The predicted molar refractivity (Wildman–Crippen MR) is 143 cm³/mol. The molecule has 6 rings (SSSR count). The number of carbonyl (C=O) groups excluding carboxylic acids is 1. The number of benzene rings is 1. The zero-order valence-corrected chi connectivity index (χ0v) is 22.4. The molecule has 1 aromatic carbocycles. The molecule has 0 atom stereocenters. The topological polar surface area (TPSA) is 95.3 Å². The van der Waals surface area contributed by atoms with Gasteiger partial charge in [0.25, 0.3) is 0 Å². The Morgan fingerprint density at radius 3 is 2.68 bits per heavy atom. The molecule has 9 nitrogen and oxygen atoms in total. The van der Waals surface area contributed by atoms with Crippen LogP contribution >= 0.6 is 11.6 Å². The van der Waals surface area contributed by atoms with Crippen LogP contribution in [0.15, 0.2) is 42.9 Å². The number of ether oxygens (including phenoxy) is 2. The number of halogens is 1. The van der Waals surface area contributed by atoms with Crippen molar-refractivity contribution in [2.24, 2.45) is 0 Å². The van der Waals surface area contributed by atoms with Crippen LogP contribution in [0.4, 0.5) is 0 Å². The number of carbonyl (C=O) groups is 1. The van der Waals surface area contributed by atoms with E-state index in [1.165, 1.54) is 6.33 Å². The Bertz CT molecular complexity index is 1530. The molecule has 38 heavy (non-hydrogen) atoms. The van der Waals surface area contributed by atoms with E-state index in [2.05, 4.69) is 21.9 Å². The highest BCUT2D eigenvalue weighted by molar-refractivity contribution is 6.33. The molecule has 4 heterocycles. The van der Waals surface area contributed by atoms with Crippen molar-refractivity contribution in [3.05, 3.63) is 59.1 Å². The molecule has 1 saturated heterocycles. The number of imidazole rings is 1. The molecular formula is C28H29ClN6O3. The maximum atomic E-state index is 11.8. The first-order chi connectivity index (χ1) is 18.3. The van der Waals surface area contributed by atoms with E-state index < -0.39 is 0 Å². The Morgan fingerprint density at radius 2 is 1.97 bits per heavy atom. The molecule has 2 aliphatic rings. The summed E-state index contributed by atoms with van der Waals surface area (Å²) in [5, 5.41) is 0.502. The average Bonchev–Trinajstić information content (AvgIpc) is 3.49. The smallest absolute Gasteiger partial charge is 0.245 e. The first-order valence-electron chi connectivity index (χ1n) is 12.9. The van der Waals surface area contributed by atoms with E-state index in [0.717, 1.165) is 29.7 Å². The van der Waals surface area contributed by atoms with Gasteiger partial charge < -0.3 is 18.9 Å². The lowest BCUT2D eigenvalue weighted by atomic mass is 10.1. The van der Waals surface area contributed by atoms with Crippen LogP contribution in [0.2, 0.25) is 5.02 Å². The van der Waals surface area contributed by atoms with Crippen molar-refractivity contribution in [1.82, 2.24) is 29.4 Å². The second-order valence-corrected chi connectivity index (χ2v) is 10.7. The standard InChI is InChI=1S/C28H29ClN6O3/c1-4-23(36)34-14-20(15-34)37-19-5-6-21(22(29)12-19)25-33-24-26(31-16-32-27(24)38-28(3)8-9-28)35(25)13-18-11-17(2)7-10-30-18/h5-7,10-12,16,20H,4,8-9,13-15H2,1-3H3. The Kier molecular flexibility index (Phi) is 6.18. The molecule has 0 unspecified atom stereocenters. The van der Waals surface area contributed by atoms with Gasteiger partial charge in [-0.15, -0.1) is 0 Å². The summed E-state index contributed by atoms with van der Waals surface area (Å²) in [5.41, 5.74) is 3.78. The largest absolute Gasteiger partial charge is 0.487 e.